The minimum Gasteiger partial charge on any atom is -0.377 e. The van der Waals surface area contributed by atoms with Crippen molar-refractivity contribution in [2.24, 2.45) is 5.41 Å². The van der Waals surface area contributed by atoms with Gasteiger partial charge >= 0.3 is 0 Å². The maximum absolute atomic E-state index is 5.53. The van der Waals surface area contributed by atoms with Crippen molar-refractivity contribution in [2.45, 2.75) is 33.8 Å². The van der Waals surface area contributed by atoms with Crippen molar-refractivity contribution in [3.8, 4) is 0 Å². The van der Waals surface area contributed by atoms with Crippen molar-refractivity contribution >= 4 is 0 Å². The third-order valence-corrected chi connectivity index (χ3v) is 2.28. The highest BCUT2D eigenvalue weighted by Crippen LogP contribution is 2.14. The lowest BCUT2D eigenvalue weighted by atomic mass is 9.93. The van der Waals surface area contributed by atoms with Gasteiger partial charge in [-0.1, -0.05) is 13.8 Å². The third kappa shape index (κ3) is 8.85. The summed E-state index contributed by atoms with van der Waals surface area (Å²) in [6.07, 6.45) is 0.337. The third-order valence-electron chi connectivity index (χ3n) is 2.28. The first-order valence-electron chi connectivity index (χ1n) is 5.82. The second kappa shape index (κ2) is 7.20. The fraction of sp³-hybridized carbons (Fsp3) is 1.00. The van der Waals surface area contributed by atoms with E-state index in [-0.39, 0.29) is 0 Å². The Morgan fingerprint density at radius 3 is 2.40 bits per heavy atom. The molecule has 0 atom stereocenters. The van der Waals surface area contributed by atoms with E-state index in [1.165, 1.54) is 0 Å². The Labute approximate surface area is 95.2 Å². The van der Waals surface area contributed by atoms with Crippen LogP contribution in [0.2, 0.25) is 0 Å². The Hall–Kier alpha value is -0.120. The van der Waals surface area contributed by atoms with Crippen LogP contribution in [0.5, 0.6) is 0 Å². The summed E-state index contributed by atoms with van der Waals surface area (Å²) >= 11 is 0. The number of hydrogen-bond acceptors (Lipinski definition) is 3. The number of nitrogens with one attached hydrogen (secondary N) is 1. The SMILES string of the molecule is CNCC(C)(C)CN(C)CCOC(C)C. The van der Waals surface area contributed by atoms with Gasteiger partial charge in [-0.05, 0) is 33.4 Å². The Balaban J connectivity index is 3.67. The highest BCUT2D eigenvalue weighted by atomic mass is 16.5. The molecule has 0 aliphatic carbocycles. The van der Waals surface area contributed by atoms with Crippen molar-refractivity contribution < 1.29 is 4.74 Å². The molecule has 0 rings (SSSR count). The average molecular weight is 216 g/mol. The summed E-state index contributed by atoms with van der Waals surface area (Å²) in [5.74, 6) is 0. The summed E-state index contributed by atoms with van der Waals surface area (Å²) in [7, 11) is 4.16. The van der Waals surface area contributed by atoms with Crippen molar-refractivity contribution in [1.29, 1.82) is 0 Å². The Morgan fingerprint density at radius 2 is 1.93 bits per heavy atom. The standard InChI is InChI=1S/C12H28N2O/c1-11(2)15-8-7-14(6)10-12(3,4)9-13-5/h11,13H,7-10H2,1-6H3. The molecule has 0 unspecified atom stereocenters. The van der Waals surface area contributed by atoms with Crippen LogP contribution in [0.3, 0.4) is 0 Å². The predicted octanol–water partition coefficient (Wildman–Crippen LogP) is 1.59. The lowest BCUT2D eigenvalue weighted by molar-refractivity contribution is 0.0572. The molecule has 0 aromatic carbocycles. The van der Waals surface area contributed by atoms with E-state index in [9.17, 15) is 0 Å². The van der Waals surface area contributed by atoms with Crippen LogP contribution in [0.15, 0.2) is 0 Å². The van der Waals surface area contributed by atoms with Crippen LogP contribution in [-0.4, -0.2) is 51.3 Å². The highest BCUT2D eigenvalue weighted by molar-refractivity contribution is 4.74. The number of hydrogen-bond donors (Lipinski definition) is 1. The molecule has 15 heavy (non-hydrogen) atoms. The van der Waals surface area contributed by atoms with Gasteiger partial charge in [0.25, 0.3) is 0 Å². The number of ether oxygens (including phenoxy) is 1. The zero-order chi connectivity index (χ0) is 11.9. The van der Waals surface area contributed by atoms with Gasteiger partial charge in [0.1, 0.15) is 0 Å². The molecular weight excluding hydrogens is 188 g/mol. The predicted molar refractivity (Wildman–Crippen MR) is 66.3 cm³/mol. The molecule has 0 aromatic heterocycles. The van der Waals surface area contributed by atoms with Crippen LogP contribution >= 0.6 is 0 Å². The Kier molecular flexibility index (Phi) is 7.14. The first-order chi connectivity index (χ1) is 6.87. The fourth-order valence-electron chi connectivity index (χ4n) is 1.79. The molecule has 3 nitrogen and oxygen atoms in total. The summed E-state index contributed by atoms with van der Waals surface area (Å²) < 4.78 is 5.53. The molecular formula is C12H28N2O. The Morgan fingerprint density at radius 1 is 1.33 bits per heavy atom. The molecule has 1 N–H and O–H groups in total. The molecule has 0 heterocycles. The number of rotatable bonds is 8. The summed E-state index contributed by atoms with van der Waals surface area (Å²) in [6.45, 7) is 12.7. The summed E-state index contributed by atoms with van der Waals surface area (Å²) in [5, 5.41) is 3.23. The second-order valence-corrected chi connectivity index (χ2v) is 5.35. The smallest absolute Gasteiger partial charge is 0.0596 e. The van der Waals surface area contributed by atoms with Crippen LogP contribution in [0.25, 0.3) is 0 Å². The van der Waals surface area contributed by atoms with Crippen LogP contribution < -0.4 is 5.32 Å². The lowest BCUT2D eigenvalue weighted by Gasteiger charge is -2.30. The first-order valence-corrected chi connectivity index (χ1v) is 5.82. The van der Waals surface area contributed by atoms with Gasteiger partial charge in [0.05, 0.1) is 12.7 Å². The van der Waals surface area contributed by atoms with E-state index in [0.29, 0.717) is 11.5 Å². The maximum Gasteiger partial charge on any atom is 0.0596 e. The van der Waals surface area contributed by atoms with Gasteiger partial charge in [0, 0.05) is 19.6 Å². The van der Waals surface area contributed by atoms with Gasteiger partial charge in [0.15, 0.2) is 0 Å². The molecule has 92 valence electrons. The molecule has 0 aliphatic rings. The summed E-state index contributed by atoms with van der Waals surface area (Å²) in [4.78, 5) is 2.33. The van der Waals surface area contributed by atoms with Gasteiger partial charge in [-0.15, -0.1) is 0 Å². The van der Waals surface area contributed by atoms with Crippen molar-refractivity contribution in [1.82, 2.24) is 10.2 Å². The highest BCUT2D eigenvalue weighted by Gasteiger charge is 2.18. The molecule has 0 aromatic rings. The van der Waals surface area contributed by atoms with Gasteiger partial charge in [0.2, 0.25) is 0 Å². The van der Waals surface area contributed by atoms with Crippen molar-refractivity contribution in [3.05, 3.63) is 0 Å². The largest absolute Gasteiger partial charge is 0.377 e. The molecule has 0 saturated heterocycles. The Bertz CT molecular complexity index is 158. The minimum atomic E-state index is 0.321. The molecule has 0 spiro atoms. The van der Waals surface area contributed by atoms with Gasteiger partial charge in [-0.3, -0.25) is 0 Å². The minimum absolute atomic E-state index is 0.321. The molecule has 0 radical (unpaired) electrons. The summed E-state index contributed by atoms with van der Waals surface area (Å²) in [5.41, 5.74) is 0.321. The van der Waals surface area contributed by atoms with E-state index in [1.54, 1.807) is 0 Å². The van der Waals surface area contributed by atoms with Gasteiger partial charge < -0.3 is 15.0 Å². The maximum atomic E-state index is 5.53. The van der Waals surface area contributed by atoms with E-state index in [4.69, 9.17) is 4.74 Å². The quantitative estimate of drug-likeness (QED) is 0.667. The molecule has 0 amide bonds. The number of nitrogens with zero attached hydrogens (tertiary/aromatic N) is 1. The van der Waals surface area contributed by atoms with E-state index in [0.717, 1.165) is 26.2 Å². The monoisotopic (exact) mass is 216 g/mol. The van der Waals surface area contributed by atoms with E-state index < -0.39 is 0 Å². The van der Waals surface area contributed by atoms with E-state index in [1.807, 2.05) is 7.05 Å². The van der Waals surface area contributed by atoms with Gasteiger partial charge in [-0.2, -0.15) is 0 Å². The van der Waals surface area contributed by atoms with Crippen LogP contribution in [0, 0.1) is 5.41 Å². The molecule has 0 saturated carbocycles. The first kappa shape index (κ1) is 14.9. The average Bonchev–Trinajstić information content (AvgIpc) is 2.01. The van der Waals surface area contributed by atoms with E-state index >= 15 is 0 Å². The normalized spacial score (nSPS) is 12.8. The van der Waals surface area contributed by atoms with Crippen LogP contribution in [0.4, 0.5) is 0 Å². The van der Waals surface area contributed by atoms with Gasteiger partial charge in [-0.25, -0.2) is 0 Å². The zero-order valence-corrected chi connectivity index (χ0v) is 11.3. The fourth-order valence-corrected chi connectivity index (χ4v) is 1.79. The molecule has 0 aliphatic heterocycles. The molecule has 3 heteroatoms. The second-order valence-electron chi connectivity index (χ2n) is 5.35. The van der Waals surface area contributed by atoms with E-state index in [2.05, 4.69) is 45.0 Å². The topological polar surface area (TPSA) is 24.5 Å². The van der Waals surface area contributed by atoms with Crippen molar-refractivity contribution in [2.75, 3.05) is 40.3 Å². The molecule has 0 fully saturated rings. The summed E-state index contributed by atoms with van der Waals surface area (Å²) in [6, 6.07) is 0. The number of likely N-dealkylation sites (N-methyl/N-ethyl adjacent to an activating group) is 1. The zero-order valence-electron chi connectivity index (χ0n) is 11.3. The van der Waals surface area contributed by atoms with Crippen LogP contribution in [0.1, 0.15) is 27.7 Å². The molecule has 0 bridgehead atoms. The van der Waals surface area contributed by atoms with Crippen LogP contribution in [-0.2, 0) is 4.74 Å². The van der Waals surface area contributed by atoms with Crippen molar-refractivity contribution in [3.63, 3.8) is 0 Å². The lowest BCUT2D eigenvalue weighted by Crippen LogP contribution is -2.39.